The van der Waals surface area contributed by atoms with Crippen molar-refractivity contribution in [3.05, 3.63) is 38.3 Å². The van der Waals surface area contributed by atoms with Crippen molar-refractivity contribution < 1.29 is 4.92 Å². The molecule has 0 fully saturated rings. The number of nitro benzene ring substituents is 1. The quantitative estimate of drug-likeness (QED) is 0.472. The molecule has 0 saturated carbocycles. The van der Waals surface area contributed by atoms with Gasteiger partial charge in [-0.25, -0.2) is 0 Å². The van der Waals surface area contributed by atoms with Crippen molar-refractivity contribution in [1.29, 1.82) is 0 Å². The topological polar surface area (TPSA) is 55.2 Å². The molecule has 0 saturated heterocycles. The number of hydrogen-bond acceptors (Lipinski definition) is 3. The van der Waals surface area contributed by atoms with Gasteiger partial charge in [0.05, 0.1) is 9.40 Å². The van der Waals surface area contributed by atoms with E-state index in [1.807, 2.05) is 6.07 Å². The van der Waals surface area contributed by atoms with Crippen LogP contribution in [0.2, 0.25) is 0 Å². The second-order valence-electron chi connectivity index (χ2n) is 4.72. The van der Waals surface area contributed by atoms with Gasteiger partial charge in [0, 0.05) is 12.6 Å². The molecule has 0 radical (unpaired) electrons. The summed E-state index contributed by atoms with van der Waals surface area (Å²) in [4.78, 5) is 10.4. The number of hydrogen-bond donors (Lipinski definition) is 1. The van der Waals surface area contributed by atoms with E-state index in [-0.39, 0.29) is 10.6 Å². The van der Waals surface area contributed by atoms with E-state index in [1.165, 1.54) is 12.5 Å². The molecule has 1 aromatic rings. The normalized spacial score (nSPS) is 10.9. The first-order valence-corrected chi connectivity index (χ1v) is 6.94. The second-order valence-corrected chi connectivity index (χ2v) is 5.51. The van der Waals surface area contributed by atoms with E-state index >= 15 is 0 Å². The predicted molar refractivity (Wildman–Crippen MR) is 76.6 cm³/mol. The van der Waals surface area contributed by atoms with E-state index in [4.69, 9.17) is 0 Å². The summed E-state index contributed by atoms with van der Waals surface area (Å²) in [5, 5.41) is 14.1. The summed E-state index contributed by atoms with van der Waals surface area (Å²) in [5.41, 5.74) is 1.05. The molecular formula is C13H19BrN2O2. The van der Waals surface area contributed by atoms with Crippen LogP contribution in [0, 0.1) is 16.0 Å². The van der Waals surface area contributed by atoms with Gasteiger partial charge in [-0.15, -0.1) is 0 Å². The Morgan fingerprint density at radius 2 is 2.17 bits per heavy atom. The van der Waals surface area contributed by atoms with E-state index in [9.17, 15) is 10.1 Å². The molecule has 0 aliphatic rings. The van der Waals surface area contributed by atoms with Gasteiger partial charge >= 0.3 is 0 Å². The van der Waals surface area contributed by atoms with Crippen LogP contribution in [0.1, 0.15) is 32.3 Å². The molecule has 1 rings (SSSR count). The van der Waals surface area contributed by atoms with Crippen molar-refractivity contribution in [1.82, 2.24) is 5.32 Å². The molecule has 0 heterocycles. The van der Waals surface area contributed by atoms with Gasteiger partial charge in [-0.3, -0.25) is 10.1 Å². The van der Waals surface area contributed by atoms with Crippen LogP contribution < -0.4 is 5.32 Å². The molecule has 0 aromatic heterocycles. The fourth-order valence-electron chi connectivity index (χ4n) is 1.70. The fraction of sp³-hybridized carbons (Fsp3) is 0.538. The molecule has 0 aliphatic carbocycles. The summed E-state index contributed by atoms with van der Waals surface area (Å²) < 4.78 is 0.575. The highest BCUT2D eigenvalue weighted by molar-refractivity contribution is 9.10. The number of nitro groups is 1. The minimum absolute atomic E-state index is 0.122. The Morgan fingerprint density at radius 3 is 2.78 bits per heavy atom. The number of nitrogens with zero attached hydrogens (tertiary/aromatic N) is 1. The third-order valence-corrected chi connectivity index (χ3v) is 3.62. The molecule has 0 spiro atoms. The van der Waals surface area contributed by atoms with Crippen LogP contribution in [0.5, 0.6) is 0 Å². The maximum absolute atomic E-state index is 10.8. The largest absolute Gasteiger partial charge is 0.313 e. The van der Waals surface area contributed by atoms with Crippen molar-refractivity contribution in [2.45, 2.75) is 33.2 Å². The Hall–Kier alpha value is -0.940. The Balaban J connectivity index is 2.48. The molecule has 0 unspecified atom stereocenters. The van der Waals surface area contributed by atoms with Gasteiger partial charge < -0.3 is 5.32 Å². The number of rotatable bonds is 7. The minimum Gasteiger partial charge on any atom is -0.313 e. The lowest BCUT2D eigenvalue weighted by atomic mass is 10.1. The van der Waals surface area contributed by atoms with E-state index in [1.54, 1.807) is 6.07 Å². The van der Waals surface area contributed by atoms with Crippen molar-refractivity contribution in [3.8, 4) is 0 Å². The zero-order valence-corrected chi connectivity index (χ0v) is 12.4. The highest BCUT2D eigenvalue weighted by Crippen LogP contribution is 2.28. The number of benzene rings is 1. The second kappa shape index (κ2) is 7.48. The van der Waals surface area contributed by atoms with E-state index in [0.717, 1.165) is 24.4 Å². The lowest BCUT2D eigenvalue weighted by Gasteiger charge is -2.08. The molecule has 0 bridgehead atoms. The zero-order chi connectivity index (χ0) is 13.5. The average Bonchev–Trinajstić information content (AvgIpc) is 2.30. The molecule has 100 valence electrons. The average molecular weight is 315 g/mol. The number of nitrogens with one attached hydrogen (secondary N) is 1. The Morgan fingerprint density at radius 1 is 1.44 bits per heavy atom. The fourth-order valence-corrected chi connectivity index (χ4v) is 2.25. The standard InChI is InChI=1S/C13H19BrN2O2/c1-10(2)5-4-8-15-9-11-6-3-7-12(13(11)14)16(17)18/h3,6-7,10,15H,4-5,8-9H2,1-2H3. The molecule has 1 N–H and O–H groups in total. The molecular weight excluding hydrogens is 296 g/mol. The Bertz CT molecular complexity index is 408. The smallest absolute Gasteiger partial charge is 0.283 e. The maximum atomic E-state index is 10.8. The maximum Gasteiger partial charge on any atom is 0.283 e. The predicted octanol–water partition coefficient (Wildman–Crippen LogP) is 3.88. The van der Waals surface area contributed by atoms with E-state index in [0.29, 0.717) is 11.0 Å². The Kier molecular flexibility index (Phi) is 6.29. The van der Waals surface area contributed by atoms with Crippen LogP contribution in [0.4, 0.5) is 5.69 Å². The summed E-state index contributed by atoms with van der Waals surface area (Å²) in [6, 6.07) is 5.12. The summed E-state index contributed by atoms with van der Waals surface area (Å²) in [7, 11) is 0. The van der Waals surface area contributed by atoms with Gasteiger partial charge in [-0.1, -0.05) is 26.0 Å². The van der Waals surface area contributed by atoms with Crippen LogP contribution in [0.3, 0.4) is 0 Å². The van der Waals surface area contributed by atoms with Crippen molar-refractivity contribution in [2.75, 3.05) is 6.54 Å². The highest BCUT2D eigenvalue weighted by atomic mass is 79.9. The third-order valence-electron chi connectivity index (χ3n) is 2.71. The summed E-state index contributed by atoms with van der Waals surface area (Å²) >= 11 is 3.29. The van der Waals surface area contributed by atoms with Gasteiger partial charge in [0.1, 0.15) is 0 Å². The van der Waals surface area contributed by atoms with Crippen LogP contribution in [0.25, 0.3) is 0 Å². The zero-order valence-electron chi connectivity index (χ0n) is 10.8. The first kappa shape index (κ1) is 15.1. The van der Waals surface area contributed by atoms with Gasteiger partial charge in [0.2, 0.25) is 0 Å². The molecule has 18 heavy (non-hydrogen) atoms. The SMILES string of the molecule is CC(C)CCCNCc1cccc([N+](=O)[O-])c1Br. The number of halogens is 1. The summed E-state index contributed by atoms with van der Waals surface area (Å²) in [6.45, 7) is 6.00. The van der Waals surface area contributed by atoms with Crippen molar-refractivity contribution >= 4 is 21.6 Å². The minimum atomic E-state index is -0.369. The van der Waals surface area contributed by atoms with E-state index < -0.39 is 0 Å². The van der Waals surface area contributed by atoms with E-state index in [2.05, 4.69) is 35.1 Å². The molecule has 5 heteroatoms. The first-order chi connectivity index (χ1) is 8.52. The third kappa shape index (κ3) is 4.74. The van der Waals surface area contributed by atoms with Crippen LogP contribution in [-0.2, 0) is 6.54 Å². The molecule has 1 aromatic carbocycles. The summed E-state index contributed by atoms with van der Waals surface area (Å²) in [5.74, 6) is 0.719. The molecule has 0 atom stereocenters. The van der Waals surface area contributed by atoms with Crippen LogP contribution in [-0.4, -0.2) is 11.5 Å². The lowest BCUT2D eigenvalue weighted by Crippen LogP contribution is -2.15. The van der Waals surface area contributed by atoms with Gasteiger partial charge in [0.15, 0.2) is 0 Å². The van der Waals surface area contributed by atoms with Gasteiger partial charge in [-0.05, 0) is 46.8 Å². The highest BCUT2D eigenvalue weighted by Gasteiger charge is 2.14. The van der Waals surface area contributed by atoms with Crippen molar-refractivity contribution in [3.63, 3.8) is 0 Å². The lowest BCUT2D eigenvalue weighted by molar-refractivity contribution is -0.385. The first-order valence-electron chi connectivity index (χ1n) is 6.15. The van der Waals surface area contributed by atoms with Gasteiger partial charge in [-0.2, -0.15) is 0 Å². The van der Waals surface area contributed by atoms with Crippen molar-refractivity contribution in [2.24, 2.45) is 5.92 Å². The molecule has 0 aliphatic heterocycles. The molecule has 0 amide bonds. The Labute approximate surface area is 116 Å². The molecule has 4 nitrogen and oxygen atoms in total. The van der Waals surface area contributed by atoms with Gasteiger partial charge in [0.25, 0.3) is 5.69 Å². The monoisotopic (exact) mass is 314 g/mol. The summed E-state index contributed by atoms with van der Waals surface area (Å²) in [6.07, 6.45) is 2.33. The van der Waals surface area contributed by atoms with Crippen LogP contribution in [0.15, 0.2) is 22.7 Å². The van der Waals surface area contributed by atoms with Crippen LogP contribution >= 0.6 is 15.9 Å².